The summed E-state index contributed by atoms with van der Waals surface area (Å²) >= 11 is 3.04. The zero-order chi connectivity index (χ0) is 28.9. The lowest BCUT2D eigenvalue weighted by molar-refractivity contribution is 0.117. The second kappa shape index (κ2) is 11.1. The third-order valence-electron chi connectivity index (χ3n) is 9.03. The summed E-state index contributed by atoms with van der Waals surface area (Å²) in [6.45, 7) is 11.6. The van der Waals surface area contributed by atoms with Gasteiger partial charge in [-0.05, 0) is 89.6 Å². The highest BCUT2D eigenvalue weighted by molar-refractivity contribution is 7.16. The first kappa shape index (κ1) is 28.3. The van der Waals surface area contributed by atoms with Crippen molar-refractivity contribution in [2.45, 2.75) is 89.4 Å². The van der Waals surface area contributed by atoms with E-state index >= 15 is 0 Å². The van der Waals surface area contributed by atoms with Crippen LogP contribution in [0.2, 0.25) is 0 Å². The number of hydrogen-bond donors (Lipinski definition) is 2. The van der Waals surface area contributed by atoms with Crippen LogP contribution in [0.1, 0.15) is 74.3 Å². The number of likely N-dealkylation sites (N-methyl/N-ethyl adjacent to an activating group) is 1. The largest absolute Gasteiger partial charge is 0.473 e. The Hall–Kier alpha value is -2.78. The monoisotopic (exact) mass is 592 g/mol. The van der Waals surface area contributed by atoms with Crippen molar-refractivity contribution < 1.29 is 4.74 Å². The van der Waals surface area contributed by atoms with E-state index in [1.807, 2.05) is 6.07 Å². The van der Waals surface area contributed by atoms with Crippen molar-refractivity contribution in [2.75, 3.05) is 37.3 Å². The molecule has 0 radical (unpaired) electrons. The zero-order valence-electron chi connectivity index (χ0n) is 24.6. The standard InChI is InChI=1S/C30H40N8OS2/c1-17-15-38(16-18(2)33-17)25-13-26(39-19(3)22-8-7-11-37(22)5)35-29(34-25)21-12-24(41-36-21)30(4)10-6-9-23-27(30)20(14-31)28(32)40-23/h12-13,17-19,22,33H,6-11,15-16,32H2,1-5H3/t17-,18?,19-,22-,30+/m0/s1. The number of hydrogen-bond acceptors (Lipinski definition) is 11. The smallest absolute Gasteiger partial charge is 0.219 e. The number of likely N-dealkylation sites (tertiary alicyclic amines) is 1. The van der Waals surface area contributed by atoms with Gasteiger partial charge in [-0.2, -0.15) is 14.6 Å². The molecular formula is C30H40N8OS2. The third kappa shape index (κ3) is 5.31. The van der Waals surface area contributed by atoms with Crippen LogP contribution >= 0.6 is 22.9 Å². The molecule has 3 aliphatic rings. The highest BCUT2D eigenvalue weighted by Gasteiger charge is 2.40. The number of thiophene rings is 1. The summed E-state index contributed by atoms with van der Waals surface area (Å²) in [5, 5.41) is 14.2. The number of nitrogens with zero attached hydrogens (tertiary/aromatic N) is 6. The minimum absolute atomic E-state index is 0.0120. The number of nitrogens with one attached hydrogen (secondary N) is 1. The predicted molar refractivity (Wildman–Crippen MR) is 166 cm³/mol. The Morgan fingerprint density at radius 3 is 2.71 bits per heavy atom. The molecule has 2 fully saturated rings. The second-order valence-corrected chi connectivity index (χ2v) is 14.2. The van der Waals surface area contributed by atoms with Gasteiger partial charge in [0.25, 0.3) is 0 Å². The maximum absolute atomic E-state index is 9.93. The van der Waals surface area contributed by atoms with Crippen LogP contribution in [0.25, 0.3) is 11.5 Å². The van der Waals surface area contributed by atoms with Crippen LogP contribution in [0, 0.1) is 11.3 Å². The van der Waals surface area contributed by atoms with Gasteiger partial charge in [0.05, 0.1) is 5.56 Å². The van der Waals surface area contributed by atoms with E-state index in [0.29, 0.717) is 40.4 Å². The summed E-state index contributed by atoms with van der Waals surface area (Å²) < 4.78 is 11.4. The topological polar surface area (TPSA) is 116 Å². The molecular weight excluding hydrogens is 553 g/mol. The van der Waals surface area contributed by atoms with Gasteiger partial charge >= 0.3 is 0 Å². The Bertz CT molecular complexity index is 1450. The van der Waals surface area contributed by atoms with Crippen LogP contribution in [0.15, 0.2) is 12.1 Å². The summed E-state index contributed by atoms with van der Waals surface area (Å²) in [4.78, 5) is 17.0. The van der Waals surface area contributed by atoms with E-state index in [9.17, 15) is 5.26 Å². The lowest BCUT2D eigenvalue weighted by Crippen LogP contribution is -2.54. The highest BCUT2D eigenvalue weighted by atomic mass is 32.1. The van der Waals surface area contributed by atoms with Crippen LogP contribution in [-0.4, -0.2) is 70.2 Å². The second-order valence-electron chi connectivity index (χ2n) is 12.3. The van der Waals surface area contributed by atoms with E-state index in [0.717, 1.165) is 67.3 Å². The van der Waals surface area contributed by atoms with Crippen LogP contribution < -0.4 is 20.7 Å². The van der Waals surface area contributed by atoms with Crippen LogP contribution in [0.5, 0.6) is 5.88 Å². The Kier molecular flexibility index (Phi) is 7.70. The van der Waals surface area contributed by atoms with Gasteiger partial charge < -0.3 is 20.7 Å². The highest BCUT2D eigenvalue weighted by Crippen LogP contribution is 2.50. The first-order chi connectivity index (χ1) is 19.7. The minimum Gasteiger partial charge on any atom is -0.473 e. The molecule has 2 aliphatic heterocycles. The molecule has 0 spiro atoms. The fraction of sp³-hybridized carbons (Fsp3) is 0.600. The third-order valence-corrected chi connectivity index (χ3v) is 11.2. The van der Waals surface area contributed by atoms with Gasteiger partial charge in [0.15, 0.2) is 5.82 Å². The molecule has 9 nitrogen and oxygen atoms in total. The Morgan fingerprint density at radius 2 is 2.00 bits per heavy atom. The maximum atomic E-state index is 9.93. The average molecular weight is 593 g/mol. The number of aromatic nitrogens is 3. The minimum atomic E-state index is -0.315. The molecule has 1 aliphatic carbocycles. The van der Waals surface area contributed by atoms with Gasteiger partial charge in [-0.25, -0.2) is 4.98 Å². The molecule has 0 bridgehead atoms. The van der Waals surface area contributed by atoms with Crippen molar-refractivity contribution in [2.24, 2.45) is 0 Å². The van der Waals surface area contributed by atoms with Crippen molar-refractivity contribution in [1.82, 2.24) is 24.6 Å². The lowest BCUT2D eigenvalue weighted by atomic mass is 9.71. The normalized spacial score (nSPS) is 27.4. The van der Waals surface area contributed by atoms with Gasteiger partial charge in [0.1, 0.15) is 28.7 Å². The van der Waals surface area contributed by atoms with Gasteiger partial charge in [0, 0.05) is 52.5 Å². The first-order valence-electron chi connectivity index (χ1n) is 14.7. The van der Waals surface area contributed by atoms with Gasteiger partial charge in [0.2, 0.25) is 5.88 Å². The molecule has 0 amide bonds. The van der Waals surface area contributed by atoms with Crippen LogP contribution in [0.3, 0.4) is 0 Å². The number of aryl methyl sites for hydroxylation is 1. The number of nitrogen functional groups attached to an aromatic ring is 1. The molecule has 218 valence electrons. The van der Waals surface area contributed by atoms with E-state index in [1.54, 1.807) is 11.3 Å². The van der Waals surface area contributed by atoms with Crippen molar-refractivity contribution in [3.05, 3.63) is 33.0 Å². The molecule has 1 unspecified atom stereocenters. The maximum Gasteiger partial charge on any atom is 0.219 e. The average Bonchev–Trinajstić information content (AvgIpc) is 3.67. The quantitative estimate of drug-likeness (QED) is 0.416. The predicted octanol–water partition coefficient (Wildman–Crippen LogP) is 4.81. The van der Waals surface area contributed by atoms with E-state index in [1.165, 1.54) is 22.8 Å². The first-order valence-corrected chi connectivity index (χ1v) is 16.3. The lowest BCUT2D eigenvalue weighted by Gasteiger charge is -2.37. The van der Waals surface area contributed by atoms with Gasteiger partial charge in [-0.15, -0.1) is 11.3 Å². The molecule has 5 heterocycles. The molecule has 6 rings (SSSR count). The molecule has 3 N–H and O–H groups in total. The number of piperazine rings is 1. The van der Waals surface area contributed by atoms with E-state index in [2.05, 4.69) is 62.0 Å². The number of anilines is 2. The molecule has 2 saturated heterocycles. The Morgan fingerprint density at radius 1 is 1.22 bits per heavy atom. The fourth-order valence-corrected chi connectivity index (χ4v) is 9.14. The molecule has 5 atom stereocenters. The van der Waals surface area contributed by atoms with Crippen molar-refractivity contribution >= 4 is 33.7 Å². The number of nitriles is 1. The Labute approximate surface area is 250 Å². The molecule has 0 saturated carbocycles. The van der Waals surface area contributed by atoms with Crippen molar-refractivity contribution in [1.29, 1.82) is 5.26 Å². The molecule has 41 heavy (non-hydrogen) atoms. The molecule has 3 aromatic heterocycles. The fourth-order valence-electron chi connectivity index (χ4n) is 7.04. The summed E-state index contributed by atoms with van der Waals surface area (Å²) in [5.41, 5.74) is 8.42. The summed E-state index contributed by atoms with van der Waals surface area (Å²) in [5.74, 6) is 2.04. The Balaban J connectivity index is 1.37. The van der Waals surface area contributed by atoms with E-state index in [4.69, 9.17) is 24.8 Å². The molecule has 0 aromatic carbocycles. The number of fused-ring (bicyclic) bond motifs is 1. The summed E-state index contributed by atoms with van der Waals surface area (Å²) in [6, 6.07) is 7.58. The number of rotatable bonds is 6. The van der Waals surface area contributed by atoms with E-state index in [-0.39, 0.29) is 11.5 Å². The van der Waals surface area contributed by atoms with Gasteiger partial charge in [-0.1, -0.05) is 6.92 Å². The SMILES string of the molecule is CC1CN(c2cc(O[C@@H](C)[C@@H]3CCCN3C)nc(-c3cc([C@@]4(C)CCCc5sc(N)c(C#N)c54)sn3)n2)C[C@H](C)N1. The van der Waals surface area contributed by atoms with Crippen LogP contribution in [0.4, 0.5) is 10.8 Å². The number of nitrogens with two attached hydrogens (primary N) is 1. The van der Waals surface area contributed by atoms with Crippen molar-refractivity contribution in [3.8, 4) is 23.5 Å². The van der Waals surface area contributed by atoms with Crippen LogP contribution in [-0.2, 0) is 11.8 Å². The summed E-state index contributed by atoms with van der Waals surface area (Å²) in [7, 11) is 2.17. The molecule has 3 aromatic rings. The zero-order valence-corrected chi connectivity index (χ0v) is 26.2. The summed E-state index contributed by atoms with van der Waals surface area (Å²) in [6.07, 6.45) is 5.30. The molecule has 11 heteroatoms. The number of ether oxygens (including phenoxy) is 1. The van der Waals surface area contributed by atoms with Crippen molar-refractivity contribution in [3.63, 3.8) is 0 Å². The van der Waals surface area contributed by atoms with Gasteiger partial charge in [-0.3, -0.25) is 4.90 Å². The van der Waals surface area contributed by atoms with E-state index < -0.39 is 0 Å².